The van der Waals surface area contributed by atoms with E-state index in [0.29, 0.717) is 30.2 Å². The number of fused-ring (bicyclic) bond motifs is 3. The van der Waals surface area contributed by atoms with Gasteiger partial charge in [0.2, 0.25) is 0 Å². The monoisotopic (exact) mass is 812 g/mol. The highest BCUT2D eigenvalue weighted by Gasteiger charge is 2.38. The van der Waals surface area contributed by atoms with E-state index in [9.17, 15) is 27.6 Å². The number of rotatable bonds is 15. The predicted molar refractivity (Wildman–Crippen MR) is 198 cm³/mol. The zero-order valence-electron chi connectivity index (χ0n) is 30.0. The lowest BCUT2D eigenvalue weighted by Crippen LogP contribution is -2.52. The van der Waals surface area contributed by atoms with Crippen molar-refractivity contribution in [3.63, 3.8) is 0 Å². The van der Waals surface area contributed by atoms with Gasteiger partial charge in [-0.25, -0.2) is 19.0 Å². The molecule has 4 heterocycles. The molecule has 0 radical (unpaired) electrons. The first-order chi connectivity index (χ1) is 27.0. The summed E-state index contributed by atoms with van der Waals surface area (Å²) in [5, 5.41) is 3.21. The molecule has 56 heavy (non-hydrogen) atoms. The first-order valence-electron chi connectivity index (χ1n) is 18.4. The van der Waals surface area contributed by atoms with Crippen LogP contribution in [0, 0.1) is 17.7 Å². The lowest BCUT2D eigenvalue weighted by atomic mass is 9.86. The van der Waals surface area contributed by atoms with E-state index in [1.165, 1.54) is 73.1 Å². The highest BCUT2D eigenvalue weighted by atomic mass is 35.5. The largest absolute Gasteiger partial charge is 0.489 e. The number of carbonyl (C=O) groups excluding carboxylic acids is 3. The van der Waals surface area contributed by atoms with Crippen molar-refractivity contribution < 1.29 is 51.5 Å². The number of benzene rings is 3. The van der Waals surface area contributed by atoms with Gasteiger partial charge in [-0.15, -0.1) is 0 Å². The van der Waals surface area contributed by atoms with E-state index in [-0.39, 0.29) is 56.7 Å². The number of alkyl halides is 2. The van der Waals surface area contributed by atoms with Crippen LogP contribution < -0.4 is 19.8 Å². The molecule has 8 rings (SSSR count). The standard InChI is InChI=1S/C41H38Cl2F3N3O7/c42-31-19-47-20-32(43)30(31)18-34(25-9-10-33(56-41(45)46)35(17-25)53-22-23-7-8-23)54-39(51)28-5-1-4-27(15-28)38(50)48-37(26-3-2-6-29(44)16-26)40(52)55-36-21-49-13-11-24(36)12-14-49/h1-6,9-10,15-17,19-20,23-24,34,36-37,41H,7-8,11-14,18,21-22H2,(H,48,50)/p+1/t34-,36?,37?/m0/s1. The third kappa shape index (κ3) is 9.74. The number of aromatic nitrogens is 1. The van der Waals surface area contributed by atoms with Gasteiger partial charge >= 0.3 is 18.6 Å². The molecule has 4 aliphatic rings. The maximum absolute atomic E-state index is 14.4. The number of esters is 2. The average Bonchev–Trinajstić information content (AvgIpc) is 4.02. The van der Waals surface area contributed by atoms with Gasteiger partial charge in [-0.05, 0) is 104 Å². The summed E-state index contributed by atoms with van der Waals surface area (Å²) in [5.74, 6) is -2.49. The average molecular weight is 814 g/mol. The van der Waals surface area contributed by atoms with Crippen molar-refractivity contribution in [2.75, 3.05) is 26.2 Å². The number of nitrogens with one attached hydrogen (secondary N) is 2. The highest BCUT2D eigenvalue weighted by molar-refractivity contribution is 6.35. The van der Waals surface area contributed by atoms with E-state index in [2.05, 4.69) is 15.2 Å². The van der Waals surface area contributed by atoms with Gasteiger partial charge in [-0.2, -0.15) is 8.78 Å². The van der Waals surface area contributed by atoms with Crippen LogP contribution in [0.2, 0.25) is 10.0 Å². The van der Waals surface area contributed by atoms with Gasteiger partial charge in [-0.1, -0.05) is 47.5 Å². The molecule has 3 saturated heterocycles. The Morgan fingerprint density at radius 3 is 2.29 bits per heavy atom. The van der Waals surface area contributed by atoms with Gasteiger partial charge in [0.05, 0.1) is 12.2 Å². The molecule has 294 valence electrons. The summed E-state index contributed by atoms with van der Waals surface area (Å²) in [6, 6.07) is 14.0. The van der Waals surface area contributed by atoms with Crippen LogP contribution in [0.25, 0.3) is 0 Å². The summed E-state index contributed by atoms with van der Waals surface area (Å²) in [6.45, 7) is -0.332. The Bertz CT molecular complexity index is 2060. The van der Waals surface area contributed by atoms with Gasteiger partial charge in [-0.3, -0.25) is 9.69 Å². The molecule has 4 aromatic rings. The predicted octanol–water partition coefficient (Wildman–Crippen LogP) is 7.59. The Labute approximate surface area is 331 Å². The number of carbonyl (C=O) groups is 3. The molecule has 3 aromatic carbocycles. The van der Waals surface area contributed by atoms with Crippen LogP contribution in [0.15, 0.2) is 79.1 Å². The van der Waals surface area contributed by atoms with Crippen LogP contribution in [0.5, 0.6) is 11.5 Å². The summed E-state index contributed by atoms with van der Waals surface area (Å²) >= 11 is 13.0. The minimum atomic E-state index is -3.10. The van der Waals surface area contributed by atoms with E-state index in [1.807, 2.05) is 0 Å². The molecule has 1 saturated carbocycles. The van der Waals surface area contributed by atoms with Gasteiger partial charge in [0.15, 0.2) is 29.9 Å². The number of H-pyrrole nitrogens is 1. The van der Waals surface area contributed by atoms with Gasteiger partial charge in [0.1, 0.15) is 28.1 Å². The molecule has 15 heteroatoms. The molecule has 1 aliphatic carbocycles. The molecule has 2 unspecified atom stereocenters. The van der Waals surface area contributed by atoms with E-state index >= 15 is 0 Å². The second kappa shape index (κ2) is 17.5. The molecular weight excluding hydrogens is 774 g/mol. The molecule has 4 fully saturated rings. The Morgan fingerprint density at radius 2 is 1.61 bits per heavy atom. The smallest absolute Gasteiger partial charge is 0.387 e. The normalized spacial score (nSPS) is 19.9. The van der Waals surface area contributed by atoms with Crippen molar-refractivity contribution in [2.24, 2.45) is 11.8 Å². The number of piperidine rings is 3. The fourth-order valence-corrected chi connectivity index (χ4v) is 7.56. The summed E-state index contributed by atoms with van der Waals surface area (Å²) in [6.07, 6.45) is 5.30. The quantitative estimate of drug-likeness (QED) is 0.122. The Morgan fingerprint density at radius 1 is 0.875 bits per heavy atom. The maximum atomic E-state index is 14.4. The molecule has 3 aliphatic heterocycles. The molecule has 1 amide bonds. The lowest BCUT2D eigenvalue weighted by molar-refractivity contribution is -0.377. The Hall–Kier alpha value is -4.85. The van der Waals surface area contributed by atoms with Crippen LogP contribution in [0.1, 0.15) is 75.2 Å². The summed E-state index contributed by atoms with van der Waals surface area (Å²) < 4.78 is 63.5. The number of aromatic amines is 1. The fraction of sp³-hybridized carbons (Fsp3) is 0.366. The lowest BCUT2D eigenvalue weighted by Gasteiger charge is -2.44. The van der Waals surface area contributed by atoms with Gasteiger partial charge in [0, 0.05) is 24.1 Å². The molecule has 0 spiro atoms. The number of hydrogen-bond donors (Lipinski definition) is 1. The number of ether oxygens (including phenoxy) is 4. The van der Waals surface area contributed by atoms with E-state index in [4.69, 9.17) is 42.1 Å². The molecule has 1 aromatic heterocycles. The van der Waals surface area contributed by atoms with Crippen molar-refractivity contribution in [3.05, 3.63) is 123 Å². The summed E-state index contributed by atoms with van der Waals surface area (Å²) in [5.41, 5.74) is 1.02. The topological polar surface area (TPSA) is 118 Å². The van der Waals surface area contributed by atoms with Crippen molar-refractivity contribution in [2.45, 2.75) is 57.0 Å². The summed E-state index contributed by atoms with van der Waals surface area (Å²) in [4.78, 5) is 46.3. The van der Waals surface area contributed by atoms with Crippen molar-refractivity contribution >= 4 is 41.0 Å². The summed E-state index contributed by atoms with van der Waals surface area (Å²) in [7, 11) is 0. The van der Waals surface area contributed by atoms with E-state index in [0.717, 1.165) is 44.8 Å². The highest BCUT2D eigenvalue weighted by Crippen LogP contribution is 2.38. The minimum absolute atomic E-state index is 0.0127. The molecule has 2 N–H and O–H groups in total. The SMILES string of the molecule is O=C(NC(C(=O)OC1CN2CCC1CC2)c1cccc(F)c1)c1cccc(C(=O)O[C@@H](Cc2c(Cl)c[nH+]cc2Cl)c2ccc(OC(F)F)c(OCC3CC3)c2)c1. The van der Waals surface area contributed by atoms with Gasteiger partial charge < -0.3 is 24.3 Å². The van der Waals surface area contributed by atoms with Crippen molar-refractivity contribution in [1.29, 1.82) is 0 Å². The van der Waals surface area contributed by atoms with Crippen LogP contribution >= 0.6 is 23.2 Å². The number of hydrogen-bond acceptors (Lipinski definition) is 8. The number of pyridine rings is 1. The first-order valence-corrected chi connectivity index (χ1v) is 19.1. The fourth-order valence-electron chi connectivity index (χ4n) is 7.03. The molecule has 3 atom stereocenters. The Kier molecular flexibility index (Phi) is 12.3. The number of halogens is 5. The number of amides is 1. The van der Waals surface area contributed by atoms with Crippen LogP contribution in [-0.2, 0) is 20.7 Å². The van der Waals surface area contributed by atoms with Crippen molar-refractivity contribution in [1.82, 2.24) is 10.2 Å². The molecule has 2 bridgehead atoms. The second-order valence-corrected chi connectivity index (χ2v) is 15.0. The first kappa shape index (κ1) is 39.4. The van der Waals surface area contributed by atoms with E-state index < -0.39 is 42.4 Å². The Balaban J connectivity index is 1.13. The van der Waals surface area contributed by atoms with E-state index in [1.54, 1.807) is 0 Å². The zero-order chi connectivity index (χ0) is 39.3. The van der Waals surface area contributed by atoms with Crippen LogP contribution in [0.3, 0.4) is 0 Å². The molecule has 10 nitrogen and oxygen atoms in total. The third-order valence-electron chi connectivity index (χ3n) is 10.3. The molecular formula is C41H39Cl2F3N3O7+. The second-order valence-electron chi connectivity index (χ2n) is 14.2. The number of nitrogens with zero attached hydrogens (tertiary/aromatic N) is 1. The van der Waals surface area contributed by atoms with Crippen LogP contribution in [0.4, 0.5) is 13.2 Å². The zero-order valence-corrected chi connectivity index (χ0v) is 31.5. The third-order valence-corrected chi connectivity index (χ3v) is 11.0. The maximum Gasteiger partial charge on any atom is 0.387 e. The van der Waals surface area contributed by atoms with Crippen molar-refractivity contribution in [3.8, 4) is 11.5 Å². The van der Waals surface area contributed by atoms with Crippen LogP contribution in [-0.4, -0.2) is 61.7 Å². The van der Waals surface area contributed by atoms with Gasteiger partial charge in [0.25, 0.3) is 5.91 Å². The minimum Gasteiger partial charge on any atom is -0.489 e.